The number of aliphatic carboxylic acids is 1. The molecule has 0 aliphatic heterocycles. The molecule has 0 saturated carbocycles. The van der Waals surface area contributed by atoms with Gasteiger partial charge in [-0.15, -0.1) is 0 Å². The fraction of sp³-hybridized carbons (Fsp3) is 0.190. The van der Waals surface area contributed by atoms with E-state index in [1.54, 1.807) is 6.20 Å². The first kappa shape index (κ1) is 22.8. The van der Waals surface area contributed by atoms with Gasteiger partial charge in [0.25, 0.3) is 5.91 Å². The second-order valence-electron chi connectivity index (χ2n) is 6.32. The number of hydrogen-bond acceptors (Lipinski definition) is 4. The minimum atomic E-state index is -5.08. The molecule has 0 atom stereocenters. The molecule has 0 saturated heterocycles. The number of halogens is 3. The van der Waals surface area contributed by atoms with E-state index in [-0.39, 0.29) is 5.91 Å². The second kappa shape index (κ2) is 9.84. The summed E-state index contributed by atoms with van der Waals surface area (Å²) in [4.78, 5) is 26.0. The van der Waals surface area contributed by atoms with Crippen LogP contribution in [0.15, 0.2) is 54.7 Å². The van der Waals surface area contributed by atoms with E-state index in [0.29, 0.717) is 12.1 Å². The summed E-state index contributed by atoms with van der Waals surface area (Å²) in [5.41, 5.74) is 9.90. The predicted molar refractivity (Wildman–Crippen MR) is 107 cm³/mol. The van der Waals surface area contributed by atoms with E-state index in [1.165, 1.54) is 0 Å². The molecule has 4 N–H and O–H groups in total. The molecule has 0 unspecified atom stereocenters. The van der Waals surface area contributed by atoms with Gasteiger partial charge in [-0.3, -0.25) is 9.78 Å². The highest BCUT2D eigenvalue weighted by Crippen LogP contribution is 2.22. The Morgan fingerprint density at radius 3 is 2.47 bits per heavy atom. The van der Waals surface area contributed by atoms with Gasteiger partial charge in [-0.2, -0.15) is 13.2 Å². The van der Waals surface area contributed by atoms with Gasteiger partial charge in [0, 0.05) is 17.3 Å². The second-order valence-corrected chi connectivity index (χ2v) is 6.32. The van der Waals surface area contributed by atoms with Crippen molar-refractivity contribution in [3.8, 4) is 0 Å². The van der Waals surface area contributed by atoms with Crippen LogP contribution < -0.4 is 11.1 Å². The predicted octanol–water partition coefficient (Wildman–Crippen LogP) is 3.93. The number of fused-ring (bicyclic) bond motifs is 1. The maximum atomic E-state index is 12.8. The monoisotopic (exact) mass is 419 g/mol. The lowest BCUT2D eigenvalue weighted by molar-refractivity contribution is -0.192. The topological polar surface area (TPSA) is 105 Å². The molecule has 0 aliphatic carbocycles. The van der Waals surface area contributed by atoms with Gasteiger partial charge in [0.05, 0.1) is 11.1 Å². The van der Waals surface area contributed by atoms with Gasteiger partial charge >= 0.3 is 12.1 Å². The number of rotatable bonds is 4. The van der Waals surface area contributed by atoms with Crippen LogP contribution in [0.2, 0.25) is 0 Å². The van der Waals surface area contributed by atoms with Gasteiger partial charge in [0.2, 0.25) is 0 Å². The summed E-state index contributed by atoms with van der Waals surface area (Å²) < 4.78 is 31.7. The molecule has 3 rings (SSSR count). The molecule has 0 spiro atoms. The molecule has 1 aromatic heterocycles. The van der Waals surface area contributed by atoms with E-state index in [4.69, 9.17) is 15.6 Å². The van der Waals surface area contributed by atoms with Crippen LogP contribution in [0.1, 0.15) is 21.5 Å². The summed E-state index contributed by atoms with van der Waals surface area (Å²) in [6.07, 6.45) is -2.56. The third-order valence-corrected chi connectivity index (χ3v) is 4.08. The van der Waals surface area contributed by atoms with E-state index < -0.39 is 12.1 Å². The number of carbonyl (C=O) groups is 2. The lowest BCUT2D eigenvalue weighted by Gasteiger charge is -2.11. The molecule has 1 amide bonds. The summed E-state index contributed by atoms with van der Waals surface area (Å²) in [5, 5.41) is 11.0. The molecular formula is C21H20F3N3O3. The van der Waals surface area contributed by atoms with Crippen molar-refractivity contribution in [3.05, 3.63) is 71.4 Å². The van der Waals surface area contributed by atoms with Crippen molar-refractivity contribution in [1.82, 2.24) is 4.98 Å². The largest absolute Gasteiger partial charge is 0.490 e. The number of anilines is 1. The van der Waals surface area contributed by atoms with Crippen molar-refractivity contribution < 1.29 is 27.9 Å². The minimum absolute atomic E-state index is 0.119. The number of carboxylic acids is 1. The fourth-order valence-corrected chi connectivity index (χ4v) is 2.73. The molecule has 2 aromatic carbocycles. The van der Waals surface area contributed by atoms with Gasteiger partial charge in [-0.1, -0.05) is 24.3 Å². The van der Waals surface area contributed by atoms with Crippen LogP contribution in [0.5, 0.6) is 0 Å². The quantitative estimate of drug-likeness (QED) is 0.594. The Hall–Kier alpha value is -3.46. The summed E-state index contributed by atoms with van der Waals surface area (Å²) in [6.45, 7) is 2.53. The number of benzene rings is 2. The van der Waals surface area contributed by atoms with Crippen LogP contribution in [-0.2, 0) is 11.2 Å². The highest BCUT2D eigenvalue weighted by molar-refractivity contribution is 6.13. The molecule has 0 bridgehead atoms. The maximum absolute atomic E-state index is 12.8. The van der Waals surface area contributed by atoms with E-state index in [1.807, 2.05) is 55.5 Å². The molecule has 1 heterocycles. The van der Waals surface area contributed by atoms with E-state index in [2.05, 4.69) is 10.3 Å². The van der Waals surface area contributed by atoms with E-state index >= 15 is 0 Å². The average molecular weight is 419 g/mol. The standard InChI is InChI=1S/C19H19N3O.C2HF3O2/c1-13-7-8-17-16(6-3-11-21-17)18(13)19(23)22-15-5-2-4-14(12-15)9-10-20;3-2(4,5)1(6)7/h2-8,11-12H,9-10,20H2,1H3,(H,22,23);(H,6,7). The highest BCUT2D eigenvalue weighted by atomic mass is 19.4. The van der Waals surface area contributed by atoms with E-state index in [9.17, 15) is 18.0 Å². The number of amides is 1. The zero-order chi connectivity index (χ0) is 22.3. The summed E-state index contributed by atoms with van der Waals surface area (Å²) in [7, 11) is 0. The first-order valence-corrected chi connectivity index (χ1v) is 8.88. The van der Waals surface area contributed by atoms with E-state index in [0.717, 1.165) is 34.1 Å². The normalized spacial score (nSPS) is 10.8. The lowest BCUT2D eigenvalue weighted by Crippen LogP contribution is -2.21. The summed E-state index contributed by atoms with van der Waals surface area (Å²) in [5.74, 6) is -2.88. The molecule has 0 fully saturated rings. The minimum Gasteiger partial charge on any atom is -0.475 e. The van der Waals surface area contributed by atoms with Crippen LogP contribution in [0.3, 0.4) is 0 Å². The van der Waals surface area contributed by atoms with Gasteiger partial charge in [0.15, 0.2) is 0 Å². The Labute approximate surface area is 170 Å². The van der Waals surface area contributed by atoms with Crippen molar-refractivity contribution in [2.75, 3.05) is 11.9 Å². The number of aryl methyl sites for hydroxylation is 1. The Morgan fingerprint density at radius 2 is 1.83 bits per heavy atom. The molecule has 0 aliphatic rings. The van der Waals surface area contributed by atoms with Gasteiger partial charge in [-0.05, 0) is 55.3 Å². The van der Waals surface area contributed by atoms with Crippen LogP contribution in [0, 0.1) is 6.92 Å². The number of alkyl halides is 3. The Bertz CT molecular complexity index is 1050. The molecule has 0 radical (unpaired) electrons. The number of hydrogen-bond donors (Lipinski definition) is 3. The SMILES string of the molecule is Cc1ccc2ncccc2c1C(=O)Nc1cccc(CCN)c1.O=C(O)C(F)(F)F. The number of carbonyl (C=O) groups excluding carboxylic acids is 1. The van der Waals surface area contributed by atoms with Crippen molar-refractivity contribution in [2.24, 2.45) is 5.73 Å². The number of aromatic nitrogens is 1. The number of pyridine rings is 1. The molecule has 3 aromatic rings. The number of nitrogens with one attached hydrogen (secondary N) is 1. The molecule has 6 nitrogen and oxygen atoms in total. The highest BCUT2D eigenvalue weighted by Gasteiger charge is 2.38. The zero-order valence-electron chi connectivity index (χ0n) is 16.0. The van der Waals surface area contributed by atoms with Crippen molar-refractivity contribution >= 4 is 28.5 Å². The lowest BCUT2D eigenvalue weighted by atomic mass is 10.0. The molecule has 30 heavy (non-hydrogen) atoms. The number of nitrogens with zero attached hydrogens (tertiary/aromatic N) is 1. The fourth-order valence-electron chi connectivity index (χ4n) is 2.73. The van der Waals surface area contributed by atoms with Gasteiger partial charge in [-0.25, -0.2) is 4.79 Å². The maximum Gasteiger partial charge on any atom is 0.490 e. The molecule has 9 heteroatoms. The van der Waals surface area contributed by atoms with Crippen LogP contribution >= 0.6 is 0 Å². The number of nitrogens with two attached hydrogens (primary N) is 1. The Morgan fingerprint density at radius 1 is 1.13 bits per heavy atom. The Balaban J connectivity index is 0.000000396. The smallest absolute Gasteiger partial charge is 0.475 e. The number of carboxylic acid groups (broad SMARTS) is 1. The summed E-state index contributed by atoms with van der Waals surface area (Å²) >= 11 is 0. The average Bonchev–Trinajstić information content (AvgIpc) is 2.68. The Kier molecular flexibility index (Phi) is 7.48. The van der Waals surface area contributed by atoms with Crippen molar-refractivity contribution in [1.29, 1.82) is 0 Å². The van der Waals surface area contributed by atoms with Crippen LogP contribution in [-0.4, -0.2) is 34.7 Å². The molecular weight excluding hydrogens is 399 g/mol. The van der Waals surface area contributed by atoms with Crippen LogP contribution in [0.25, 0.3) is 10.9 Å². The first-order chi connectivity index (χ1) is 14.1. The third-order valence-electron chi connectivity index (χ3n) is 4.08. The van der Waals surface area contributed by atoms with Gasteiger partial charge in [0.1, 0.15) is 0 Å². The van der Waals surface area contributed by atoms with Crippen molar-refractivity contribution in [2.45, 2.75) is 19.5 Å². The first-order valence-electron chi connectivity index (χ1n) is 8.88. The van der Waals surface area contributed by atoms with Gasteiger partial charge < -0.3 is 16.2 Å². The van der Waals surface area contributed by atoms with Crippen molar-refractivity contribution in [3.63, 3.8) is 0 Å². The van der Waals surface area contributed by atoms with Crippen LogP contribution in [0.4, 0.5) is 18.9 Å². The third kappa shape index (κ3) is 6.02. The molecule has 158 valence electrons. The zero-order valence-corrected chi connectivity index (χ0v) is 16.0. The summed E-state index contributed by atoms with van der Waals surface area (Å²) in [6, 6.07) is 15.4.